The minimum atomic E-state index is -0.463. The van der Waals surface area contributed by atoms with Crippen LogP contribution in [0.3, 0.4) is 0 Å². The third kappa shape index (κ3) is 4.06. The quantitative estimate of drug-likeness (QED) is 0.727. The van der Waals surface area contributed by atoms with E-state index in [4.69, 9.17) is 4.74 Å². The number of fused-ring (bicyclic) bond motifs is 1. The fraction of sp³-hybridized carbons (Fsp3) is 0.391. The van der Waals surface area contributed by atoms with Gasteiger partial charge in [-0.15, -0.1) is 0 Å². The van der Waals surface area contributed by atoms with Crippen molar-refractivity contribution in [2.75, 3.05) is 11.4 Å². The summed E-state index contributed by atoms with van der Waals surface area (Å²) in [4.78, 5) is 44.4. The van der Waals surface area contributed by atoms with Gasteiger partial charge in [-0.1, -0.05) is 38.1 Å². The van der Waals surface area contributed by atoms with Crippen LogP contribution in [0, 0.1) is 11.8 Å². The second-order valence-electron chi connectivity index (χ2n) is 8.20. The van der Waals surface area contributed by atoms with E-state index in [1.165, 1.54) is 22.7 Å². The van der Waals surface area contributed by atoms with E-state index in [-0.39, 0.29) is 29.5 Å². The maximum absolute atomic E-state index is 12.5. The third-order valence-corrected chi connectivity index (χ3v) is 5.87. The van der Waals surface area contributed by atoms with E-state index in [0.29, 0.717) is 31.6 Å². The SMILES string of the molecule is CC(C)C1CC(=O)N(c2ccc(OC(=O)N3CCc4ccccc4C3)nc2)C(=O)C1. The van der Waals surface area contributed by atoms with Crippen molar-refractivity contribution in [3.63, 3.8) is 0 Å². The van der Waals surface area contributed by atoms with Crippen LogP contribution in [0.4, 0.5) is 10.5 Å². The monoisotopic (exact) mass is 407 g/mol. The van der Waals surface area contributed by atoms with Gasteiger partial charge in [-0.25, -0.2) is 14.7 Å². The van der Waals surface area contributed by atoms with Crippen LogP contribution in [0.2, 0.25) is 0 Å². The molecule has 1 aromatic carbocycles. The number of aromatic nitrogens is 1. The van der Waals surface area contributed by atoms with Crippen molar-refractivity contribution in [2.45, 2.75) is 39.7 Å². The number of benzene rings is 1. The molecule has 7 heteroatoms. The molecule has 3 amide bonds. The van der Waals surface area contributed by atoms with Crippen LogP contribution in [0.25, 0.3) is 0 Å². The lowest BCUT2D eigenvalue weighted by Gasteiger charge is -2.31. The molecule has 2 aromatic rings. The number of carbonyl (C=O) groups excluding carboxylic acids is 3. The van der Waals surface area contributed by atoms with E-state index < -0.39 is 6.09 Å². The van der Waals surface area contributed by atoms with Gasteiger partial charge in [0.05, 0.1) is 11.9 Å². The first-order chi connectivity index (χ1) is 14.4. The summed E-state index contributed by atoms with van der Waals surface area (Å²) < 4.78 is 5.40. The van der Waals surface area contributed by atoms with E-state index in [0.717, 1.165) is 12.0 Å². The first-order valence-electron chi connectivity index (χ1n) is 10.3. The van der Waals surface area contributed by atoms with Crippen LogP contribution >= 0.6 is 0 Å². The van der Waals surface area contributed by atoms with Gasteiger partial charge in [-0.3, -0.25) is 9.59 Å². The molecule has 0 aliphatic carbocycles. The molecule has 4 rings (SSSR count). The Morgan fingerprint density at radius 1 is 1.07 bits per heavy atom. The zero-order chi connectivity index (χ0) is 21.3. The Morgan fingerprint density at radius 2 is 1.77 bits per heavy atom. The van der Waals surface area contributed by atoms with Crippen LogP contribution in [-0.4, -0.2) is 34.3 Å². The van der Waals surface area contributed by atoms with Crippen molar-refractivity contribution in [3.8, 4) is 5.88 Å². The lowest BCUT2D eigenvalue weighted by molar-refractivity contribution is -0.131. The number of ether oxygens (including phenoxy) is 1. The number of hydrogen-bond donors (Lipinski definition) is 0. The molecule has 0 radical (unpaired) electrons. The Kier molecular flexibility index (Phi) is 5.53. The summed E-state index contributed by atoms with van der Waals surface area (Å²) in [5.41, 5.74) is 2.77. The van der Waals surface area contributed by atoms with Gasteiger partial charge in [0.2, 0.25) is 17.7 Å². The first-order valence-corrected chi connectivity index (χ1v) is 10.3. The van der Waals surface area contributed by atoms with Gasteiger partial charge in [-0.05, 0) is 35.4 Å². The van der Waals surface area contributed by atoms with E-state index in [2.05, 4.69) is 11.1 Å². The molecule has 0 saturated carbocycles. The van der Waals surface area contributed by atoms with Gasteiger partial charge in [0.15, 0.2) is 0 Å². The standard InChI is InChI=1S/C23H25N3O4/c1-15(2)18-11-21(27)26(22(28)12-18)19-7-8-20(24-13-19)30-23(29)25-10-9-16-5-3-4-6-17(16)14-25/h3-8,13,15,18H,9-12,14H2,1-2H3. The molecule has 0 atom stereocenters. The highest BCUT2D eigenvalue weighted by Crippen LogP contribution is 2.30. The summed E-state index contributed by atoms with van der Waals surface area (Å²) in [5, 5.41) is 0. The van der Waals surface area contributed by atoms with Gasteiger partial charge >= 0.3 is 6.09 Å². The van der Waals surface area contributed by atoms with Crippen molar-refractivity contribution in [3.05, 3.63) is 53.7 Å². The molecule has 2 aliphatic rings. The molecule has 1 saturated heterocycles. The molecule has 1 aromatic heterocycles. The van der Waals surface area contributed by atoms with E-state index in [1.807, 2.05) is 32.0 Å². The predicted molar refractivity (Wildman–Crippen MR) is 111 cm³/mol. The summed E-state index contributed by atoms with van der Waals surface area (Å²) in [5.74, 6) is 0.0531. The van der Waals surface area contributed by atoms with Crippen LogP contribution in [-0.2, 0) is 22.6 Å². The second kappa shape index (κ2) is 8.26. The lowest BCUT2D eigenvalue weighted by atomic mass is 9.86. The number of carbonyl (C=O) groups is 3. The molecular formula is C23H25N3O4. The minimum absolute atomic E-state index is 0.0733. The first kappa shape index (κ1) is 20.1. The van der Waals surface area contributed by atoms with Gasteiger partial charge < -0.3 is 9.64 Å². The molecule has 0 unspecified atom stereocenters. The average molecular weight is 407 g/mol. The number of anilines is 1. The number of rotatable bonds is 3. The van der Waals surface area contributed by atoms with E-state index >= 15 is 0 Å². The highest BCUT2D eigenvalue weighted by Gasteiger charge is 2.35. The molecule has 2 aliphatic heterocycles. The van der Waals surface area contributed by atoms with Crippen LogP contribution in [0.5, 0.6) is 5.88 Å². The highest BCUT2D eigenvalue weighted by molar-refractivity contribution is 6.16. The van der Waals surface area contributed by atoms with Crippen LogP contribution in [0.1, 0.15) is 37.8 Å². The normalized spacial score (nSPS) is 17.3. The molecular weight excluding hydrogens is 382 g/mol. The van der Waals surface area contributed by atoms with E-state index in [9.17, 15) is 14.4 Å². The topological polar surface area (TPSA) is 79.8 Å². The maximum Gasteiger partial charge on any atom is 0.416 e. The van der Waals surface area contributed by atoms with Crippen molar-refractivity contribution in [1.82, 2.24) is 9.88 Å². The van der Waals surface area contributed by atoms with Crippen molar-refractivity contribution >= 4 is 23.6 Å². The zero-order valence-corrected chi connectivity index (χ0v) is 17.2. The van der Waals surface area contributed by atoms with Gasteiger partial charge in [0.25, 0.3) is 0 Å². The molecule has 0 bridgehead atoms. The summed E-state index contributed by atoms with van der Waals surface area (Å²) in [6, 6.07) is 11.1. The zero-order valence-electron chi connectivity index (χ0n) is 17.2. The molecule has 3 heterocycles. The van der Waals surface area contributed by atoms with Gasteiger partial charge in [-0.2, -0.15) is 0 Å². The smallest absolute Gasteiger partial charge is 0.391 e. The Morgan fingerprint density at radius 3 is 2.40 bits per heavy atom. The fourth-order valence-electron chi connectivity index (χ4n) is 3.97. The van der Waals surface area contributed by atoms with Crippen molar-refractivity contribution in [2.24, 2.45) is 11.8 Å². The predicted octanol–water partition coefficient (Wildman–Crippen LogP) is 3.56. The fourth-order valence-corrected chi connectivity index (χ4v) is 3.97. The molecule has 0 spiro atoms. The number of nitrogens with zero attached hydrogens (tertiary/aromatic N) is 3. The number of pyridine rings is 1. The maximum atomic E-state index is 12.5. The largest absolute Gasteiger partial charge is 0.416 e. The van der Waals surface area contributed by atoms with Crippen molar-refractivity contribution in [1.29, 1.82) is 0 Å². The number of piperidine rings is 1. The molecule has 7 nitrogen and oxygen atoms in total. The summed E-state index contributed by atoms with van der Waals surface area (Å²) >= 11 is 0. The van der Waals surface area contributed by atoms with Gasteiger partial charge in [0.1, 0.15) is 0 Å². The summed E-state index contributed by atoms with van der Waals surface area (Å²) in [6.07, 6.45) is 2.41. The minimum Gasteiger partial charge on any atom is -0.391 e. The Bertz CT molecular complexity index is 953. The summed E-state index contributed by atoms with van der Waals surface area (Å²) in [6.45, 7) is 5.13. The second-order valence-corrected chi connectivity index (χ2v) is 8.20. The Labute approximate surface area is 175 Å². The molecule has 1 fully saturated rings. The van der Waals surface area contributed by atoms with Crippen LogP contribution < -0.4 is 9.64 Å². The third-order valence-electron chi connectivity index (χ3n) is 5.87. The number of imide groups is 1. The average Bonchev–Trinajstić information content (AvgIpc) is 2.74. The number of amides is 3. The Balaban J connectivity index is 1.40. The van der Waals surface area contributed by atoms with E-state index in [1.54, 1.807) is 11.0 Å². The molecule has 0 N–H and O–H groups in total. The lowest BCUT2D eigenvalue weighted by Crippen LogP contribution is -2.44. The molecule has 30 heavy (non-hydrogen) atoms. The van der Waals surface area contributed by atoms with Crippen molar-refractivity contribution < 1.29 is 19.1 Å². The van der Waals surface area contributed by atoms with Gasteiger partial charge in [0, 0.05) is 32.0 Å². The molecule has 156 valence electrons. The van der Waals surface area contributed by atoms with Crippen LogP contribution in [0.15, 0.2) is 42.6 Å². The highest BCUT2D eigenvalue weighted by atomic mass is 16.6. The summed E-state index contributed by atoms with van der Waals surface area (Å²) in [7, 11) is 0. The Hall–Kier alpha value is -3.22. The number of hydrogen-bond acceptors (Lipinski definition) is 5.